The number of nitrogens with one attached hydrogen (secondary N) is 1. The highest BCUT2D eigenvalue weighted by Gasteiger charge is 2.21. The van der Waals surface area contributed by atoms with E-state index in [-0.39, 0.29) is 5.92 Å². The molecule has 2 aromatic heterocycles. The van der Waals surface area contributed by atoms with Gasteiger partial charge < -0.3 is 10.4 Å². The van der Waals surface area contributed by atoms with Crippen molar-refractivity contribution >= 4 is 17.4 Å². The van der Waals surface area contributed by atoms with E-state index in [0.29, 0.717) is 17.9 Å². The van der Waals surface area contributed by atoms with E-state index in [9.17, 15) is 4.79 Å². The van der Waals surface area contributed by atoms with Gasteiger partial charge >= 0.3 is 5.97 Å². The van der Waals surface area contributed by atoms with E-state index >= 15 is 0 Å². The first-order valence-electron chi connectivity index (χ1n) is 6.23. The summed E-state index contributed by atoms with van der Waals surface area (Å²) in [6, 6.07) is 2.80. The van der Waals surface area contributed by atoms with E-state index in [2.05, 4.69) is 20.6 Å². The molecule has 7 nitrogen and oxygen atoms in total. The standard InChI is InChI=1S/C12H17N5O2/c1-4-9-14-15-10-6-5-8(16-17(9)10)13-11(7(2)3)12(18)19/h5-7,11H,4H2,1-3H3,(H,13,16)(H,18,19)/t11-/m0/s1. The molecule has 102 valence electrons. The zero-order valence-corrected chi connectivity index (χ0v) is 11.2. The van der Waals surface area contributed by atoms with Gasteiger partial charge in [-0.2, -0.15) is 4.52 Å². The van der Waals surface area contributed by atoms with Crippen LogP contribution in [0.2, 0.25) is 0 Å². The Bertz CT molecular complexity index is 593. The Morgan fingerprint density at radius 1 is 1.42 bits per heavy atom. The molecule has 1 atom stereocenters. The van der Waals surface area contributed by atoms with Crippen molar-refractivity contribution in [3.63, 3.8) is 0 Å². The van der Waals surface area contributed by atoms with E-state index in [1.165, 1.54) is 0 Å². The predicted molar refractivity (Wildman–Crippen MR) is 70.0 cm³/mol. The van der Waals surface area contributed by atoms with Crippen molar-refractivity contribution in [3.05, 3.63) is 18.0 Å². The Hall–Kier alpha value is -2.18. The van der Waals surface area contributed by atoms with Gasteiger partial charge in [-0.3, -0.25) is 0 Å². The summed E-state index contributed by atoms with van der Waals surface area (Å²) in [5, 5.41) is 24.4. The van der Waals surface area contributed by atoms with Crippen molar-refractivity contribution < 1.29 is 9.90 Å². The van der Waals surface area contributed by atoms with Crippen LogP contribution in [0, 0.1) is 5.92 Å². The third kappa shape index (κ3) is 2.64. The van der Waals surface area contributed by atoms with Crippen LogP contribution in [0.3, 0.4) is 0 Å². The number of fused-ring (bicyclic) bond motifs is 1. The van der Waals surface area contributed by atoms with Gasteiger partial charge in [-0.1, -0.05) is 20.8 Å². The van der Waals surface area contributed by atoms with Crippen LogP contribution < -0.4 is 5.32 Å². The van der Waals surface area contributed by atoms with Gasteiger partial charge in [-0.05, 0) is 18.1 Å². The fourth-order valence-electron chi connectivity index (χ4n) is 1.80. The van der Waals surface area contributed by atoms with Crippen molar-refractivity contribution in [1.29, 1.82) is 0 Å². The Labute approximate surface area is 110 Å². The van der Waals surface area contributed by atoms with E-state index < -0.39 is 12.0 Å². The molecule has 0 aliphatic carbocycles. The fraction of sp³-hybridized carbons (Fsp3) is 0.500. The van der Waals surface area contributed by atoms with Gasteiger partial charge in [-0.15, -0.1) is 15.3 Å². The minimum Gasteiger partial charge on any atom is -0.480 e. The maximum absolute atomic E-state index is 11.2. The summed E-state index contributed by atoms with van der Waals surface area (Å²) in [5.41, 5.74) is 0.652. The van der Waals surface area contributed by atoms with Crippen molar-refractivity contribution in [3.8, 4) is 0 Å². The number of hydrogen-bond donors (Lipinski definition) is 2. The molecule has 2 aromatic rings. The van der Waals surface area contributed by atoms with E-state index in [1.54, 1.807) is 16.6 Å². The molecule has 0 unspecified atom stereocenters. The number of rotatable bonds is 5. The first kappa shape index (κ1) is 13.3. The number of carboxylic acid groups (broad SMARTS) is 1. The van der Waals surface area contributed by atoms with Crippen LogP contribution in [0.4, 0.5) is 5.82 Å². The molecule has 0 aromatic carbocycles. The third-order valence-corrected chi connectivity index (χ3v) is 2.88. The first-order chi connectivity index (χ1) is 9.02. The Balaban J connectivity index is 2.32. The zero-order chi connectivity index (χ0) is 14.0. The minimum absolute atomic E-state index is 0.0402. The summed E-state index contributed by atoms with van der Waals surface area (Å²) < 4.78 is 1.63. The number of aryl methyl sites for hydroxylation is 1. The molecule has 0 aliphatic rings. The normalized spacial score (nSPS) is 12.8. The number of aliphatic carboxylic acids is 1. The second kappa shape index (κ2) is 5.21. The van der Waals surface area contributed by atoms with Gasteiger partial charge in [0.25, 0.3) is 0 Å². The van der Waals surface area contributed by atoms with E-state index in [4.69, 9.17) is 5.11 Å². The van der Waals surface area contributed by atoms with Crippen molar-refractivity contribution in [1.82, 2.24) is 19.8 Å². The van der Waals surface area contributed by atoms with Crippen LogP contribution in [0.5, 0.6) is 0 Å². The van der Waals surface area contributed by atoms with Crippen molar-refractivity contribution in [2.75, 3.05) is 5.32 Å². The molecular formula is C12H17N5O2. The van der Waals surface area contributed by atoms with E-state index in [1.807, 2.05) is 20.8 Å². The number of nitrogens with zero attached hydrogens (tertiary/aromatic N) is 4. The highest BCUT2D eigenvalue weighted by Crippen LogP contribution is 2.12. The molecule has 2 N–H and O–H groups in total. The SMILES string of the molecule is CCc1nnc2ccc(N[C@H](C(=O)O)C(C)C)nn12. The van der Waals surface area contributed by atoms with Crippen LogP contribution in [0.1, 0.15) is 26.6 Å². The fourth-order valence-corrected chi connectivity index (χ4v) is 1.80. The van der Waals surface area contributed by atoms with Crippen LogP contribution in [-0.2, 0) is 11.2 Å². The quantitative estimate of drug-likeness (QED) is 0.842. The minimum atomic E-state index is -0.892. The third-order valence-electron chi connectivity index (χ3n) is 2.88. The number of carbonyl (C=O) groups is 1. The number of carboxylic acids is 1. The predicted octanol–water partition coefficient (Wildman–Crippen LogP) is 1.21. The average Bonchev–Trinajstić information content (AvgIpc) is 2.77. The highest BCUT2D eigenvalue weighted by molar-refractivity contribution is 5.77. The molecule has 0 amide bonds. The summed E-state index contributed by atoms with van der Waals surface area (Å²) in [5.74, 6) is 0.316. The maximum Gasteiger partial charge on any atom is 0.326 e. The van der Waals surface area contributed by atoms with Gasteiger partial charge in [-0.25, -0.2) is 4.79 Å². The monoisotopic (exact) mass is 263 g/mol. The molecule has 0 spiro atoms. The second-order valence-corrected chi connectivity index (χ2v) is 4.66. The van der Waals surface area contributed by atoms with E-state index in [0.717, 1.165) is 5.82 Å². The Kier molecular flexibility index (Phi) is 3.64. The smallest absolute Gasteiger partial charge is 0.326 e. The van der Waals surface area contributed by atoms with Crippen LogP contribution in [0.15, 0.2) is 12.1 Å². The maximum atomic E-state index is 11.2. The Morgan fingerprint density at radius 2 is 2.16 bits per heavy atom. The lowest BCUT2D eigenvalue weighted by Gasteiger charge is -2.18. The molecular weight excluding hydrogens is 246 g/mol. The molecule has 19 heavy (non-hydrogen) atoms. The first-order valence-corrected chi connectivity index (χ1v) is 6.23. The van der Waals surface area contributed by atoms with Crippen molar-refractivity contribution in [2.24, 2.45) is 5.92 Å². The average molecular weight is 263 g/mol. The lowest BCUT2D eigenvalue weighted by molar-refractivity contribution is -0.138. The van der Waals surface area contributed by atoms with Crippen LogP contribution >= 0.6 is 0 Å². The highest BCUT2D eigenvalue weighted by atomic mass is 16.4. The largest absolute Gasteiger partial charge is 0.480 e. The van der Waals surface area contributed by atoms with Crippen molar-refractivity contribution in [2.45, 2.75) is 33.2 Å². The summed E-state index contributed by atoms with van der Waals surface area (Å²) in [7, 11) is 0. The van der Waals surface area contributed by atoms with Crippen LogP contribution in [0.25, 0.3) is 5.65 Å². The molecule has 0 saturated heterocycles. The number of aromatic nitrogens is 4. The molecule has 0 aliphatic heterocycles. The van der Waals surface area contributed by atoms with Gasteiger partial charge in [0.2, 0.25) is 0 Å². The summed E-state index contributed by atoms with van der Waals surface area (Å²) in [4.78, 5) is 11.2. The lowest BCUT2D eigenvalue weighted by Crippen LogP contribution is -2.34. The van der Waals surface area contributed by atoms with Gasteiger partial charge in [0, 0.05) is 6.42 Å². The molecule has 0 radical (unpaired) electrons. The summed E-state index contributed by atoms with van der Waals surface area (Å²) in [6.07, 6.45) is 0.712. The molecule has 7 heteroatoms. The van der Waals surface area contributed by atoms with Gasteiger partial charge in [0.1, 0.15) is 11.9 Å². The molecule has 2 heterocycles. The topological polar surface area (TPSA) is 92.4 Å². The second-order valence-electron chi connectivity index (χ2n) is 4.66. The Morgan fingerprint density at radius 3 is 2.74 bits per heavy atom. The number of hydrogen-bond acceptors (Lipinski definition) is 5. The zero-order valence-electron chi connectivity index (χ0n) is 11.2. The molecule has 0 fully saturated rings. The summed E-state index contributed by atoms with van der Waals surface area (Å²) in [6.45, 7) is 5.66. The van der Waals surface area contributed by atoms with Gasteiger partial charge in [0.05, 0.1) is 0 Å². The summed E-state index contributed by atoms with van der Waals surface area (Å²) >= 11 is 0. The van der Waals surface area contributed by atoms with Crippen LogP contribution in [-0.4, -0.2) is 36.9 Å². The lowest BCUT2D eigenvalue weighted by atomic mass is 10.1. The molecule has 0 bridgehead atoms. The van der Waals surface area contributed by atoms with Gasteiger partial charge in [0.15, 0.2) is 11.5 Å². The molecule has 2 rings (SSSR count). The molecule has 0 saturated carbocycles. The number of anilines is 1.